The van der Waals surface area contributed by atoms with Gasteiger partial charge in [-0.15, -0.1) is 0 Å². The van der Waals surface area contributed by atoms with Crippen molar-refractivity contribution in [2.24, 2.45) is 0 Å². The molecule has 0 aliphatic rings. The van der Waals surface area contributed by atoms with E-state index < -0.39 is 48.2 Å². The predicted octanol–water partition coefficient (Wildman–Crippen LogP) is -1.08. The lowest BCUT2D eigenvalue weighted by molar-refractivity contribution is -0.141. The Labute approximate surface area is 160 Å². The number of rotatable bonds is 9. The van der Waals surface area contributed by atoms with Gasteiger partial charge >= 0.3 is 0 Å². The highest BCUT2D eigenvalue weighted by atomic mass is 16.4. The molecule has 2 aromatic rings. The standard InChI is InChI=1S/C20H22O8/c21-13(11-7-3-1-4-8-11)15(23)17(25)19(27)20(28)18(26)16(24)14(22)12-9-5-2-6-10-12/h1-10,15-20,23-28H/t15?,16?,17-,18+,19-,20-/m0/s1. The maximum absolute atomic E-state index is 12.1. The van der Waals surface area contributed by atoms with Crippen molar-refractivity contribution in [1.82, 2.24) is 0 Å². The van der Waals surface area contributed by atoms with E-state index in [9.17, 15) is 40.2 Å². The van der Waals surface area contributed by atoms with E-state index in [-0.39, 0.29) is 11.1 Å². The third kappa shape index (κ3) is 4.87. The summed E-state index contributed by atoms with van der Waals surface area (Å²) in [4.78, 5) is 24.3. The van der Waals surface area contributed by atoms with Crippen LogP contribution in [-0.2, 0) is 0 Å². The van der Waals surface area contributed by atoms with E-state index in [1.165, 1.54) is 48.5 Å². The molecule has 0 heterocycles. The van der Waals surface area contributed by atoms with Crippen LogP contribution in [-0.4, -0.2) is 78.8 Å². The van der Waals surface area contributed by atoms with Crippen LogP contribution in [0.25, 0.3) is 0 Å². The Hall–Kier alpha value is -2.46. The van der Waals surface area contributed by atoms with Crippen molar-refractivity contribution in [1.29, 1.82) is 0 Å². The summed E-state index contributed by atoms with van der Waals surface area (Å²) in [5, 5.41) is 60.1. The highest BCUT2D eigenvalue weighted by Gasteiger charge is 2.41. The molecule has 0 spiro atoms. The second-order valence-corrected chi connectivity index (χ2v) is 6.31. The fourth-order valence-corrected chi connectivity index (χ4v) is 2.63. The van der Waals surface area contributed by atoms with Crippen LogP contribution in [0.1, 0.15) is 20.7 Å². The smallest absolute Gasteiger partial charge is 0.194 e. The number of carbonyl (C=O) groups excluding carboxylic acids is 2. The first kappa shape index (κ1) is 21.8. The van der Waals surface area contributed by atoms with Gasteiger partial charge in [-0.25, -0.2) is 0 Å². The van der Waals surface area contributed by atoms with Gasteiger partial charge in [0.1, 0.15) is 36.6 Å². The number of ketones is 2. The van der Waals surface area contributed by atoms with Crippen molar-refractivity contribution in [3.8, 4) is 0 Å². The minimum atomic E-state index is -2.21. The Kier molecular flexibility index (Phi) is 7.53. The number of aliphatic hydroxyl groups excluding tert-OH is 6. The summed E-state index contributed by atoms with van der Waals surface area (Å²) < 4.78 is 0. The highest BCUT2D eigenvalue weighted by Crippen LogP contribution is 2.16. The Balaban J connectivity index is 2.06. The molecule has 0 aliphatic heterocycles. The third-order valence-corrected chi connectivity index (χ3v) is 4.35. The van der Waals surface area contributed by atoms with Crippen molar-refractivity contribution >= 4 is 11.6 Å². The Morgan fingerprint density at radius 1 is 0.500 bits per heavy atom. The van der Waals surface area contributed by atoms with Crippen molar-refractivity contribution in [2.45, 2.75) is 36.6 Å². The van der Waals surface area contributed by atoms with Gasteiger partial charge in [0.15, 0.2) is 11.6 Å². The van der Waals surface area contributed by atoms with Crippen LogP contribution in [0.2, 0.25) is 0 Å². The van der Waals surface area contributed by atoms with Crippen molar-refractivity contribution in [2.75, 3.05) is 0 Å². The molecule has 150 valence electrons. The lowest BCUT2D eigenvalue weighted by atomic mass is 9.91. The maximum Gasteiger partial charge on any atom is 0.194 e. The molecule has 0 radical (unpaired) electrons. The van der Waals surface area contributed by atoms with Gasteiger partial charge in [-0.05, 0) is 0 Å². The monoisotopic (exact) mass is 390 g/mol. The Morgan fingerprint density at radius 3 is 1.07 bits per heavy atom. The van der Waals surface area contributed by atoms with E-state index in [2.05, 4.69) is 0 Å². The van der Waals surface area contributed by atoms with Gasteiger partial charge < -0.3 is 30.6 Å². The molecular weight excluding hydrogens is 368 g/mol. The largest absolute Gasteiger partial charge is 0.387 e. The Bertz CT molecular complexity index is 712. The van der Waals surface area contributed by atoms with Crippen LogP contribution in [0.5, 0.6) is 0 Å². The average Bonchev–Trinajstić information content (AvgIpc) is 2.76. The zero-order valence-electron chi connectivity index (χ0n) is 14.7. The molecular formula is C20H22O8. The average molecular weight is 390 g/mol. The van der Waals surface area contributed by atoms with E-state index in [4.69, 9.17) is 0 Å². The second kappa shape index (κ2) is 9.65. The minimum Gasteiger partial charge on any atom is -0.387 e. The van der Waals surface area contributed by atoms with Gasteiger partial charge in [-0.1, -0.05) is 60.7 Å². The van der Waals surface area contributed by atoms with Crippen LogP contribution in [0, 0.1) is 0 Å². The molecule has 2 rings (SSSR count). The van der Waals surface area contributed by atoms with Crippen molar-refractivity contribution in [3.05, 3.63) is 71.8 Å². The van der Waals surface area contributed by atoms with Gasteiger partial charge in [0.05, 0.1) is 0 Å². The SMILES string of the molecule is O=C(c1ccccc1)C(O)[C@@H](O)[C@H](O)[C@@H](O)[C@@H](O)C(O)C(=O)c1ccccc1. The zero-order valence-corrected chi connectivity index (χ0v) is 14.7. The predicted molar refractivity (Wildman–Crippen MR) is 97.6 cm³/mol. The van der Waals surface area contributed by atoms with Crippen LogP contribution < -0.4 is 0 Å². The topological polar surface area (TPSA) is 156 Å². The molecule has 2 unspecified atom stereocenters. The van der Waals surface area contributed by atoms with Gasteiger partial charge in [-0.3, -0.25) is 9.59 Å². The van der Waals surface area contributed by atoms with E-state index >= 15 is 0 Å². The molecule has 2 aromatic carbocycles. The Morgan fingerprint density at radius 2 is 0.786 bits per heavy atom. The number of hydrogen-bond donors (Lipinski definition) is 6. The minimum absolute atomic E-state index is 0.0654. The van der Waals surface area contributed by atoms with Crippen LogP contribution in [0.3, 0.4) is 0 Å². The fraction of sp³-hybridized carbons (Fsp3) is 0.300. The second-order valence-electron chi connectivity index (χ2n) is 6.31. The molecule has 6 atom stereocenters. The van der Waals surface area contributed by atoms with Gasteiger partial charge in [-0.2, -0.15) is 0 Å². The molecule has 6 N–H and O–H groups in total. The molecule has 0 saturated carbocycles. The van der Waals surface area contributed by atoms with Crippen molar-refractivity contribution in [3.63, 3.8) is 0 Å². The summed E-state index contributed by atoms with van der Waals surface area (Å²) in [6, 6.07) is 15.0. The summed E-state index contributed by atoms with van der Waals surface area (Å²) in [6.45, 7) is 0. The number of aliphatic hydroxyl groups is 6. The van der Waals surface area contributed by atoms with Gasteiger partial charge in [0.25, 0.3) is 0 Å². The lowest BCUT2D eigenvalue weighted by Crippen LogP contribution is -2.54. The summed E-state index contributed by atoms with van der Waals surface area (Å²) in [7, 11) is 0. The van der Waals surface area contributed by atoms with E-state index in [1.54, 1.807) is 12.1 Å². The fourth-order valence-electron chi connectivity index (χ4n) is 2.63. The number of Topliss-reactive ketones (excluding diaryl/α,β-unsaturated/α-hetero) is 2. The maximum atomic E-state index is 12.1. The highest BCUT2D eigenvalue weighted by molar-refractivity contribution is 6.00. The quantitative estimate of drug-likeness (QED) is 0.295. The summed E-state index contributed by atoms with van der Waals surface area (Å²) >= 11 is 0. The van der Waals surface area contributed by atoms with E-state index in [0.717, 1.165) is 0 Å². The number of benzene rings is 2. The van der Waals surface area contributed by atoms with E-state index in [1.807, 2.05) is 0 Å². The third-order valence-electron chi connectivity index (χ3n) is 4.35. The zero-order chi connectivity index (χ0) is 20.8. The number of hydrogen-bond acceptors (Lipinski definition) is 8. The van der Waals surface area contributed by atoms with Gasteiger partial charge in [0, 0.05) is 11.1 Å². The molecule has 8 nitrogen and oxygen atoms in total. The van der Waals surface area contributed by atoms with Crippen LogP contribution in [0.4, 0.5) is 0 Å². The molecule has 0 saturated heterocycles. The van der Waals surface area contributed by atoms with Gasteiger partial charge in [0.2, 0.25) is 0 Å². The molecule has 0 fully saturated rings. The van der Waals surface area contributed by atoms with Crippen LogP contribution in [0.15, 0.2) is 60.7 Å². The van der Waals surface area contributed by atoms with Crippen molar-refractivity contribution < 1.29 is 40.2 Å². The lowest BCUT2D eigenvalue weighted by Gasteiger charge is -2.30. The molecule has 0 aliphatic carbocycles. The molecule has 28 heavy (non-hydrogen) atoms. The summed E-state index contributed by atoms with van der Waals surface area (Å²) in [5.41, 5.74) is 0.131. The first-order valence-corrected chi connectivity index (χ1v) is 8.52. The first-order chi connectivity index (χ1) is 13.3. The summed E-state index contributed by atoms with van der Waals surface area (Å²) in [5.74, 6) is -1.82. The molecule has 8 heteroatoms. The van der Waals surface area contributed by atoms with E-state index in [0.29, 0.717) is 0 Å². The normalized spacial score (nSPS) is 17.8. The summed E-state index contributed by atoms with van der Waals surface area (Å²) in [6.07, 6.45) is -13.0. The molecule has 0 bridgehead atoms. The first-order valence-electron chi connectivity index (χ1n) is 8.52. The molecule has 0 amide bonds. The molecule has 0 aromatic heterocycles. The number of carbonyl (C=O) groups is 2. The van der Waals surface area contributed by atoms with Crippen LogP contribution >= 0.6 is 0 Å².